The van der Waals surface area contributed by atoms with E-state index in [-0.39, 0.29) is 0 Å². The largest absolute Gasteiger partial charge is 0.368 e. The van der Waals surface area contributed by atoms with Crippen LogP contribution in [0.1, 0.15) is 5.56 Å². The first-order valence-electron chi connectivity index (χ1n) is 5.37. The first-order chi connectivity index (χ1) is 8.70. The Kier molecular flexibility index (Phi) is 4.43. The van der Waals surface area contributed by atoms with Gasteiger partial charge in [-0.1, -0.05) is 45.9 Å². The zero-order valence-corrected chi connectivity index (χ0v) is 12.1. The monoisotopic (exact) mass is 324 g/mol. The summed E-state index contributed by atoms with van der Waals surface area (Å²) in [5.74, 6) is 1.25. The number of thioether (sulfide) groups is 1. The van der Waals surface area contributed by atoms with E-state index in [9.17, 15) is 0 Å². The predicted octanol–water partition coefficient (Wildman–Crippen LogP) is 3.10. The highest BCUT2D eigenvalue weighted by molar-refractivity contribution is 9.10. The lowest BCUT2D eigenvalue weighted by Gasteiger charge is -2.05. The summed E-state index contributed by atoms with van der Waals surface area (Å²) in [6, 6.07) is 8.19. The van der Waals surface area contributed by atoms with Gasteiger partial charge in [0.25, 0.3) is 0 Å². The SMILES string of the molecule is C=CCn1c(N)nnc1SCc1cccc(Br)c1. The topological polar surface area (TPSA) is 56.7 Å². The van der Waals surface area contributed by atoms with E-state index in [1.807, 2.05) is 16.7 Å². The fourth-order valence-corrected chi connectivity index (χ4v) is 2.83. The fraction of sp³-hybridized carbons (Fsp3) is 0.167. The van der Waals surface area contributed by atoms with Gasteiger partial charge in [0.15, 0.2) is 5.16 Å². The standard InChI is InChI=1S/C12H13BrN4S/c1-2-6-17-11(14)15-16-12(17)18-8-9-4-3-5-10(13)7-9/h2-5,7H,1,6,8H2,(H2,14,15). The number of nitrogen functional groups attached to an aromatic ring is 1. The second-order valence-electron chi connectivity index (χ2n) is 3.66. The molecule has 0 bridgehead atoms. The normalized spacial score (nSPS) is 10.5. The third-order valence-corrected chi connectivity index (χ3v) is 3.85. The molecule has 0 amide bonds. The van der Waals surface area contributed by atoms with Crippen molar-refractivity contribution in [1.29, 1.82) is 0 Å². The Bertz CT molecular complexity index is 553. The van der Waals surface area contributed by atoms with Crippen LogP contribution in [0.5, 0.6) is 0 Å². The molecule has 0 aliphatic rings. The van der Waals surface area contributed by atoms with Crippen LogP contribution < -0.4 is 5.73 Å². The maximum atomic E-state index is 5.74. The zero-order chi connectivity index (χ0) is 13.0. The summed E-state index contributed by atoms with van der Waals surface area (Å²) in [6.45, 7) is 4.32. The molecular weight excluding hydrogens is 312 g/mol. The summed E-state index contributed by atoms with van der Waals surface area (Å²) in [5.41, 5.74) is 6.96. The van der Waals surface area contributed by atoms with Gasteiger partial charge in [0.2, 0.25) is 5.95 Å². The molecule has 18 heavy (non-hydrogen) atoms. The molecule has 0 spiro atoms. The van der Waals surface area contributed by atoms with Gasteiger partial charge in [-0.3, -0.25) is 4.57 Å². The number of halogens is 1. The second-order valence-corrected chi connectivity index (χ2v) is 5.52. The van der Waals surface area contributed by atoms with E-state index >= 15 is 0 Å². The van der Waals surface area contributed by atoms with Crippen molar-refractivity contribution in [3.63, 3.8) is 0 Å². The number of benzene rings is 1. The van der Waals surface area contributed by atoms with Gasteiger partial charge < -0.3 is 5.73 Å². The lowest BCUT2D eigenvalue weighted by molar-refractivity contribution is 0.733. The Morgan fingerprint density at radius 3 is 3.00 bits per heavy atom. The molecule has 94 valence electrons. The molecule has 0 unspecified atom stereocenters. The maximum Gasteiger partial charge on any atom is 0.222 e. The number of hydrogen-bond donors (Lipinski definition) is 1. The van der Waals surface area contributed by atoms with E-state index in [0.717, 1.165) is 15.4 Å². The molecule has 0 fully saturated rings. The Morgan fingerprint density at radius 1 is 1.44 bits per heavy atom. The van der Waals surface area contributed by atoms with E-state index in [0.29, 0.717) is 12.5 Å². The Labute approximate surface area is 118 Å². The summed E-state index contributed by atoms with van der Waals surface area (Å²) < 4.78 is 2.92. The summed E-state index contributed by atoms with van der Waals surface area (Å²) in [6.07, 6.45) is 1.78. The number of nitrogens with zero attached hydrogens (tertiary/aromatic N) is 3. The van der Waals surface area contributed by atoms with E-state index in [4.69, 9.17) is 5.73 Å². The summed E-state index contributed by atoms with van der Waals surface area (Å²) >= 11 is 5.07. The van der Waals surface area contributed by atoms with Crippen molar-refractivity contribution < 1.29 is 0 Å². The Balaban J connectivity index is 2.08. The number of anilines is 1. The van der Waals surface area contributed by atoms with E-state index < -0.39 is 0 Å². The molecule has 0 aliphatic carbocycles. The summed E-state index contributed by atoms with van der Waals surface area (Å²) in [4.78, 5) is 0. The van der Waals surface area contributed by atoms with Crippen LogP contribution in [0.15, 0.2) is 46.5 Å². The maximum absolute atomic E-state index is 5.74. The van der Waals surface area contributed by atoms with Crippen LogP contribution in [-0.2, 0) is 12.3 Å². The zero-order valence-electron chi connectivity index (χ0n) is 9.71. The van der Waals surface area contributed by atoms with Gasteiger partial charge in [0.1, 0.15) is 0 Å². The lowest BCUT2D eigenvalue weighted by atomic mass is 10.2. The molecular formula is C12H13BrN4S. The molecule has 6 heteroatoms. The van der Waals surface area contributed by atoms with Gasteiger partial charge in [-0.05, 0) is 17.7 Å². The Hall–Kier alpha value is -1.27. The molecule has 2 N–H and O–H groups in total. The van der Waals surface area contributed by atoms with Gasteiger partial charge in [-0.15, -0.1) is 16.8 Å². The van der Waals surface area contributed by atoms with E-state index in [1.54, 1.807) is 17.8 Å². The minimum absolute atomic E-state index is 0.423. The summed E-state index contributed by atoms with van der Waals surface area (Å²) in [7, 11) is 0. The minimum atomic E-state index is 0.423. The third-order valence-electron chi connectivity index (χ3n) is 2.31. The van der Waals surface area contributed by atoms with Crippen molar-refractivity contribution in [2.24, 2.45) is 0 Å². The van der Waals surface area contributed by atoms with E-state index in [2.05, 4.69) is 44.8 Å². The molecule has 0 saturated carbocycles. The van der Waals surface area contributed by atoms with Crippen molar-refractivity contribution in [1.82, 2.24) is 14.8 Å². The number of aromatic nitrogens is 3. The van der Waals surface area contributed by atoms with Crippen LogP contribution in [0.3, 0.4) is 0 Å². The van der Waals surface area contributed by atoms with Crippen LogP contribution in [0.25, 0.3) is 0 Å². The number of allylic oxidation sites excluding steroid dienone is 1. The van der Waals surface area contributed by atoms with Crippen LogP contribution in [0.2, 0.25) is 0 Å². The predicted molar refractivity (Wildman–Crippen MR) is 78.3 cm³/mol. The third kappa shape index (κ3) is 3.14. The molecule has 0 saturated heterocycles. The molecule has 1 aromatic heterocycles. The molecule has 0 radical (unpaired) electrons. The quantitative estimate of drug-likeness (QED) is 0.678. The fourth-order valence-electron chi connectivity index (χ4n) is 1.48. The highest BCUT2D eigenvalue weighted by Gasteiger charge is 2.08. The average Bonchev–Trinajstić information content (AvgIpc) is 2.69. The van der Waals surface area contributed by atoms with Crippen molar-refractivity contribution in [3.05, 3.63) is 47.0 Å². The second kappa shape index (κ2) is 6.06. The average molecular weight is 325 g/mol. The number of nitrogens with two attached hydrogens (primary N) is 1. The van der Waals surface area contributed by atoms with Gasteiger partial charge in [0, 0.05) is 16.8 Å². The molecule has 1 aromatic carbocycles. The highest BCUT2D eigenvalue weighted by atomic mass is 79.9. The lowest BCUT2D eigenvalue weighted by Crippen LogP contribution is -2.03. The number of rotatable bonds is 5. The van der Waals surface area contributed by atoms with Crippen LogP contribution >= 0.6 is 27.7 Å². The Morgan fingerprint density at radius 2 is 2.28 bits per heavy atom. The molecule has 0 atom stereocenters. The minimum Gasteiger partial charge on any atom is -0.368 e. The molecule has 2 rings (SSSR count). The van der Waals surface area contributed by atoms with Crippen LogP contribution in [-0.4, -0.2) is 14.8 Å². The highest BCUT2D eigenvalue weighted by Crippen LogP contribution is 2.24. The van der Waals surface area contributed by atoms with Gasteiger partial charge in [-0.2, -0.15) is 0 Å². The van der Waals surface area contributed by atoms with Crippen LogP contribution in [0.4, 0.5) is 5.95 Å². The van der Waals surface area contributed by atoms with E-state index in [1.165, 1.54) is 5.56 Å². The smallest absolute Gasteiger partial charge is 0.222 e. The molecule has 2 aromatic rings. The van der Waals surface area contributed by atoms with Crippen LogP contribution in [0, 0.1) is 0 Å². The molecule has 0 aliphatic heterocycles. The van der Waals surface area contributed by atoms with Gasteiger partial charge >= 0.3 is 0 Å². The van der Waals surface area contributed by atoms with Gasteiger partial charge in [-0.25, -0.2) is 0 Å². The summed E-state index contributed by atoms with van der Waals surface area (Å²) in [5, 5.41) is 8.75. The molecule has 1 heterocycles. The molecule has 4 nitrogen and oxygen atoms in total. The van der Waals surface area contributed by atoms with Crippen molar-refractivity contribution in [2.45, 2.75) is 17.5 Å². The first kappa shape index (κ1) is 13.2. The van der Waals surface area contributed by atoms with Crippen molar-refractivity contribution in [2.75, 3.05) is 5.73 Å². The van der Waals surface area contributed by atoms with Crippen molar-refractivity contribution in [3.8, 4) is 0 Å². The van der Waals surface area contributed by atoms with Crippen molar-refractivity contribution >= 4 is 33.6 Å². The number of hydrogen-bond acceptors (Lipinski definition) is 4. The van der Waals surface area contributed by atoms with Gasteiger partial charge in [0.05, 0.1) is 0 Å². The first-order valence-corrected chi connectivity index (χ1v) is 7.15.